The number of carbonyl (C=O) groups excluding carboxylic acids is 1. The molecular weight excluding hydrogens is 224 g/mol. The van der Waals surface area contributed by atoms with Crippen molar-refractivity contribution in [2.45, 2.75) is 64.8 Å². The molecule has 0 aromatic heterocycles. The lowest BCUT2D eigenvalue weighted by Gasteiger charge is -2.27. The maximum absolute atomic E-state index is 12.2. The van der Waals surface area contributed by atoms with Gasteiger partial charge in [0.1, 0.15) is 0 Å². The second-order valence-electron chi connectivity index (χ2n) is 6.66. The van der Waals surface area contributed by atoms with Crippen molar-refractivity contribution in [3.63, 3.8) is 0 Å². The summed E-state index contributed by atoms with van der Waals surface area (Å²) >= 11 is 0. The first kappa shape index (κ1) is 13.9. The van der Waals surface area contributed by atoms with Crippen LogP contribution < -0.4 is 10.6 Å². The highest BCUT2D eigenvalue weighted by Crippen LogP contribution is 2.42. The van der Waals surface area contributed by atoms with Gasteiger partial charge in [-0.3, -0.25) is 4.79 Å². The van der Waals surface area contributed by atoms with Crippen molar-refractivity contribution in [3.8, 4) is 0 Å². The highest BCUT2D eigenvalue weighted by atomic mass is 16.1. The minimum Gasteiger partial charge on any atom is -0.356 e. The summed E-state index contributed by atoms with van der Waals surface area (Å²) in [6.45, 7) is 6.44. The fourth-order valence-electron chi connectivity index (χ4n) is 3.48. The van der Waals surface area contributed by atoms with Crippen molar-refractivity contribution in [1.29, 1.82) is 0 Å². The molecule has 1 heterocycles. The molecule has 0 radical (unpaired) electrons. The summed E-state index contributed by atoms with van der Waals surface area (Å²) in [6, 6.07) is 0.621. The topological polar surface area (TPSA) is 41.1 Å². The largest absolute Gasteiger partial charge is 0.356 e. The summed E-state index contributed by atoms with van der Waals surface area (Å²) in [5, 5.41) is 6.68. The molecule has 0 aromatic carbocycles. The smallest absolute Gasteiger partial charge is 0.223 e. The Kier molecular flexibility index (Phi) is 4.66. The van der Waals surface area contributed by atoms with E-state index in [1.807, 2.05) is 0 Å². The third-order valence-electron chi connectivity index (χ3n) is 4.78. The van der Waals surface area contributed by atoms with Crippen LogP contribution in [-0.4, -0.2) is 25.0 Å². The summed E-state index contributed by atoms with van der Waals surface area (Å²) in [6.07, 6.45) is 8.45. The van der Waals surface area contributed by atoms with Gasteiger partial charge in [-0.05, 0) is 44.1 Å². The predicted molar refractivity (Wildman–Crippen MR) is 74.4 cm³/mol. The minimum absolute atomic E-state index is 0.202. The summed E-state index contributed by atoms with van der Waals surface area (Å²) in [7, 11) is 0. The molecule has 1 saturated heterocycles. The van der Waals surface area contributed by atoms with Gasteiger partial charge >= 0.3 is 0 Å². The molecule has 0 spiro atoms. The number of carbonyl (C=O) groups is 1. The van der Waals surface area contributed by atoms with Crippen LogP contribution in [0, 0.1) is 11.3 Å². The average molecular weight is 252 g/mol. The van der Waals surface area contributed by atoms with Gasteiger partial charge in [-0.15, -0.1) is 0 Å². The monoisotopic (exact) mass is 252 g/mol. The molecule has 0 bridgehead atoms. The van der Waals surface area contributed by atoms with Crippen LogP contribution in [0.2, 0.25) is 0 Å². The van der Waals surface area contributed by atoms with E-state index in [1.54, 1.807) is 0 Å². The molecule has 0 aromatic rings. The zero-order chi connectivity index (χ0) is 13.0. The van der Waals surface area contributed by atoms with Crippen molar-refractivity contribution in [1.82, 2.24) is 10.6 Å². The first-order chi connectivity index (χ1) is 8.59. The zero-order valence-corrected chi connectivity index (χ0v) is 11.9. The summed E-state index contributed by atoms with van der Waals surface area (Å²) in [5.41, 5.74) is 0.202. The van der Waals surface area contributed by atoms with Crippen LogP contribution in [0.1, 0.15) is 58.8 Å². The van der Waals surface area contributed by atoms with E-state index in [1.165, 1.54) is 32.1 Å². The van der Waals surface area contributed by atoms with Crippen LogP contribution in [0.5, 0.6) is 0 Å². The van der Waals surface area contributed by atoms with Gasteiger partial charge in [0.2, 0.25) is 5.91 Å². The van der Waals surface area contributed by atoms with E-state index in [0.29, 0.717) is 6.04 Å². The quantitative estimate of drug-likeness (QED) is 0.807. The Hall–Kier alpha value is -0.570. The normalized spacial score (nSPS) is 31.2. The van der Waals surface area contributed by atoms with Gasteiger partial charge in [-0.1, -0.05) is 26.7 Å². The van der Waals surface area contributed by atoms with Crippen molar-refractivity contribution < 1.29 is 4.79 Å². The zero-order valence-electron chi connectivity index (χ0n) is 11.9. The minimum atomic E-state index is 0.202. The molecule has 2 N–H and O–H groups in total. The van der Waals surface area contributed by atoms with Crippen LogP contribution in [0.25, 0.3) is 0 Å². The molecule has 18 heavy (non-hydrogen) atoms. The highest BCUT2D eigenvalue weighted by molar-refractivity contribution is 5.79. The molecule has 2 aliphatic rings. The molecule has 1 amide bonds. The Bertz CT molecular complexity index is 282. The summed E-state index contributed by atoms with van der Waals surface area (Å²) in [4.78, 5) is 12.2. The van der Waals surface area contributed by atoms with Gasteiger partial charge in [0.25, 0.3) is 0 Å². The molecule has 3 nitrogen and oxygen atoms in total. The molecule has 2 atom stereocenters. The summed E-state index contributed by atoms with van der Waals surface area (Å²) in [5.74, 6) is 0.519. The lowest BCUT2D eigenvalue weighted by atomic mass is 9.81. The van der Waals surface area contributed by atoms with Gasteiger partial charge in [0.15, 0.2) is 0 Å². The average Bonchev–Trinajstić information content (AvgIpc) is 2.70. The van der Waals surface area contributed by atoms with Crippen LogP contribution in [0.15, 0.2) is 0 Å². The molecule has 2 fully saturated rings. The molecule has 2 unspecified atom stereocenters. The molecule has 1 saturated carbocycles. The van der Waals surface area contributed by atoms with Crippen LogP contribution in [0.3, 0.4) is 0 Å². The van der Waals surface area contributed by atoms with Crippen molar-refractivity contribution in [2.75, 3.05) is 13.1 Å². The Morgan fingerprint density at radius 2 is 2.11 bits per heavy atom. The fraction of sp³-hybridized carbons (Fsp3) is 0.933. The highest BCUT2D eigenvalue weighted by Gasteiger charge is 2.38. The van der Waals surface area contributed by atoms with Gasteiger partial charge < -0.3 is 10.6 Å². The predicted octanol–water partition coefficient (Wildman–Crippen LogP) is 2.46. The molecule has 104 valence electrons. The second kappa shape index (κ2) is 6.05. The molecule has 1 aliphatic heterocycles. The lowest BCUT2D eigenvalue weighted by molar-refractivity contribution is -0.127. The Labute approximate surface area is 111 Å². The van der Waals surface area contributed by atoms with E-state index < -0.39 is 0 Å². The van der Waals surface area contributed by atoms with Gasteiger partial charge in [-0.25, -0.2) is 0 Å². The lowest BCUT2D eigenvalue weighted by Crippen LogP contribution is -2.40. The number of nitrogens with one attached hydrogen (secondary N) is 2. The summed E-state index contributed by atoms with van der Waals surface area (Å²) < 4.78 is 0. The van der Waals surface area contributed by atoms with Gasteiger partial charge in [0, 0.05) is 18.5 Å². The van der Waals surface area contributed by atoms with E-state index in [-0.39, 0.29) is 17.2 Å². The number of hydrogen-bond donors (Lipinski definition) is 2. The Balaban J connectivity index is 1.68. The van der Waals surface area contributed by atoms with E-state index in [2.05, 4.69) is 24.5 Å². The Morgan fingerprint density at radius 1 is 1.28 bits per heavy atom. The molecular formula is C15H28N2O. The third kappa shape index (κ3) is 3.47. The van der Waals surface area contributed by atoms with E-state index in [0.717, 1.165) is 25.9 Å². The van der Waals surface area contributed by atoms with E-state index in [9.17, 15) is 4.79 Å². The standard InChI is InChI=1S/C15H28N2O/c1-15(2)9-5-7-13(15)14(18)17-11-8-12-6-3-4-10-16-12/h12-13,16H,3-11H2,1-2H3,(H,17,18). The second-order valence-corrected chi connectivity index (χ2v) is 6.66. The maximum Gasteiger partial charge on any atom is 0.223 e. The molecule has 2 rings (SSSR count). The number of piperidine rings is 1. The van der Waals surface area contributed by atoms with Crippen molar-refractivity contribution in [3.05, 3.63) is 0 Å². The first-order valence-corrected chi connectivity index (χ1v) is 7.61. The van der Waals surface area contributed by atoms with Crippen LogP contribution in [-0.2, 0) is 4.79 Å². The molecule has 3 heteroatoms. The third-order valence-corrected chi connectivity index (χ3v) is 4.78. The molecule has 1 aliphatic carbocycles. The van der Waals surface area contributed by atoms with Crippen LogP contribution in [0.4, 0.5) is 0 Å². The first-order valence-electron chi connectivity index (χ1n) is 7.61. The van der Waals surface area contributed by atoms with Crippen LogP contribution >= 0.6 is 0 Å². The number of hydrogen-bond acceptors (Lipinski definition) is 2. The van der Waals surface area contributed by atoms with Crippen molar-refractivity contribution >= 4 is 5.91 Å². The number of amides is 1. The van der Waals surface area contributed by atoms with Gasteiger partial charge in [-0.2, -0.15) is 0 Å². The van der Waals surface area contributed by atoms with E-state index >= 15 is 0 Å². The van der Waals surface area contributed by atoms with E-state index in [4.69, 9.17) is 0 Å². The van der Waals surface area contributed by atoms with Gasteiger partial charge in [0.05, 0.1) is 0 Å². The maximum atomic E-state index is 12.2. The van der Waals surface area contributed by atoms with Crippen molar-refractivity contribution in [2.24, 2.45) is 11.3 Å². The Morgan fingerprint density at radius 3 is 2.72 bits per heavy atom. The fourth-order valence-corrected chi connectivity index (χ4v) is 3.48. The SMILES string of the molecule is CC1(C)CCCC1C(=O)NCCC1CCCCN1. The number of rotatable bonds is 4.